The number of nitrogens with one attached hydrogen (secondary N) is 1. The van der Waals surface area contributed by atoms with E-state index in [1.807, 2.05) is 36.4 Å². The van der Waals surface area contributed by atoms with Crippen LogP contribution in [0.3, 0.4) is 0 Å². The fourth-order valence-corrected chi connectivity index (χ4v) is 2.84. The van der Waals surface area contributed by atoms with Crippen LogP contribution in [-0.4, -0.2) is 18.2 Å². The van der Waals surface area contributed by atoms with Crippen molar-refractivity contribution in [2.24, 2.45) is 0 Å². The average molecular weight is 358 g/mol. The van der Waals surface area contributed by atoms with E-state index in [2.05, 4.69) is 12.2 Å². The van der Waals surface area contributed by atoms with E-state index in [1.54, 1.807) is 6.08 Å². The van der Waals surface area contributed by atoms with E-state index in [4.69, 9.17) is 0 Å². The van der Waals surface area contributed by atoms with Crippen molar-refractivity contribution >= 4 is 11.7 Å². The topological polar surface area (TPSA) is 46.2 Å². The van der Waals surface area contributed by atoms with Crippen LogP contribution in [0.4, 0.5) is 0 Å². The molecule has 0 aliphatic rings. The molecule has 3 nitrogen and oxygen atoms in total. The van der Waals surface area contributed by atoms with Crippen LogP contribution >= 0.6 is 0 Å². The van der Waals surface area contributed by atoms with E-state index in [9.17, 15) is 9.59 Å². The number of rotatable bonds is 15. The van der Waals surface area contributed by atoms with Gasteiger partial charge >= 0.3 is 0 Å². The molecule has 3 heteroatoms. The molecule has 1 aromatic rings. The maximum atomic E-state index is 11.8. The first-order valence-corrected chi connectivity index (χ1v) is 10.2. The summed E-state index contributed by atoms with van der Waals surface area (Å²) < 4.78 is 0. The lowest BCUT2D eigenvalue weighted by Crippen LogP contribution is -2.24. The number of hydrogen-bond acceptors (Lipinski definition) is 2. The molecular formula is C23H35NO2. The summed E-state index contributed by atoms with van der Waals surface area (Å²) >= 11 is 0. The van der Waals surface area contributed by atoms with Crippen LogP contribution in [0.1, 0.15) is 76.7 Å². The van der Waals surface area contributed by atoms with E-state index in [0.717, 1.165) is 19.4 Å². The highest BCUT2D eigenvalue weighted by atomic mass is 16.2. The lowest BCUT2D eigenvalue weighted by Gasteiger charge is -2.04. The minimum Gasteiger partial charge on any atom is -0.356 e. The van der Waals surface area contributed by atoms with Crippen LogP contribution in [0.15, 0.2) is 42.5 Å². The first kappa shape index (κ1) is 22.1. The van der Waals surface area contributed by atoms with Crippen LogP contribution < -0.4 is 5.32 Å². The maximum Gasteiger partial charge on any atom is 0.220 e. The van der Waals surface area contributed by atoms with Crippen LogP contribution in [0.2, 0.25) is 0 Å². The van der Waals surface area contributed by atoms with Crippen molar-refractivity contribution in [3.63, 3.8) is 0 Å². The molecule has 1 amide bonds. The largest absolute Gasteiger partial charge is 0.356 e. The third-order valence-corrected chi connectivity index (χ3v) is 4.45. The van der Waals surface area contributed by atoms with Crippen molar-refractivity contribution in [1.29, 1.82) is 0 Å². The van der Waals surface area contributed by atoms with E-state index < -0.39 is 0 Å². The van der Waals surface area contributed by atoms with Crippen molar-refractivity contribution in [2.45, 2.75) is 77.6 Å². The highest BCUT2D eigenvalue weighted by Crippen LogP contribution is 2.08. The van der Waals surface area contributed by atoms with Crippen LogP contribution in [-0.2, 0) is 16.0 Å². The Morgan fingerprint density at radius 1 is 0.885 bits per heavy atom. The van der Waals surface area contributed by atoms with Crippen LogP contribution in [0, 0.1) is 0 Å². The highest BCUT2D eigenvalue weighted by Gasteiger charge is 2.04. The Kier molecular flexibility index (Phi) is 13.1. The third kappa shape index (κ3) is 12.5. The number of allylic oxidation sites excluding steroid dienone is 2. The van der Waals surface area contributed by atoms with Crippen molar-refractivity contribution in [3.8, 4) is 0 Å². The molecule has 1 aromatic carbocycles. The Balaban J connectivity index is 1.98. The first-order valence-electron chi connectivity index (χ1n) is 10.2. The van der Waals surface area contributed by atoms with Crippen molar-refractivity contribution in [2.75, 3.05) is 6.54 Å². The summed E-state index contributed by atoms with van der Waals surface area (Å²) in [6.45, 7) is 2.96. The van der Waals surface area contributed by atoms with Crippen molar-refractivity contribution in [1.82, 2.24) is 5.32 Å². The number of carbonyl (C=O) groups excluding carboxylic acids is 2. The molecule has 0 bridgehead atoms. The zero-order chi connectivity index (χ0) is 18.9. The molecule has 0 aliphatic carbocycles. The fraction of sp³-hybridized carbons (Fsp3) is 0.565. The van der Waals surface area contributed by atoms with Gasteiger partial charge in [-0.3, -0.25) is 9.59 Å². The number of carbonyl (C=O) groups is 2. The van der Waals surface area contributed by atoms with Gasteiger partial charge in [-0.1, -0.05) is 88.3 Å². The minimum atomic E-state index is -0.0160. The number of unbranched alkanes of at least 4 members (excludes halogenated alkanes) is 7. The molecule has 0 heterocycles. The summed E-state index contributed by atoms with van der Waals surface area (Å²) in [4.78, 5) is 23.6. The summed E-state index contributed by atoms with van der Waals surface area (Å²) in [6.07, 6.45) is 14.9. The zero-order valence-corrected chi connectivity index (χ0v) is 16.3. The lowest BCUT2D eigenvalue weighted by atomic mass is 10.1. The molecule has 0 spiro atoms. The number of benzene rings is 1. The smallest absolute Gasteiger partial charge is 0.220 e. The molecule has 1 N–H and O–H groups in total. The van der Waals surface area contributed by atoms with Gasteiger partial charge in [0.05, 0.1) is 0 Å². The lowest BCUT2D eigenvalue weighted by molar-refractivity contribution is -0.123. The molecule has 144 valence electrons. The predicted octanol–water partition coefficient (Wildman–Crippen LogP) is 5.39. The van der Waals surface area contributed by atoms with Gasteiger partial charge in [-0.2, -0.15) is 0 Å². The number of hydrogen-bond donors (Lipinski definition) is 1. The first-order chi connectivity index (χ1) is 12.7. The minimum absolute atomic E-state index is 0.0160. The Hall–Kier alpha value is -1.90. The fourth-order valence-electron chi connectivity index (χ4n) is 2.84. The van der Waals surface area contributed by atoms with Gasteiger partial charge in [-0.25, -0.2) is 0 Å². The number of amides is 1. The Morgan fingerprint density at radius 3 is 2.23 bits per heavy atom. The Morgan fingerprint density at radius 2 is 1.54 bits per heavy atom. The normalized spacial score (nSPS) is 11.0. The zero-order valence-electron chi connectivity index (χ0n) is 16.3. The standard InChI is InChI=1S/C23H35NO2/c1-2-3-4-5-6-7-8-12-20-24-23(26)19-18-22(25)17-13-16-21-14-10-9-11-15-21/h9-11,13-15,17H,2-8,12,16,18-20H2,1H3,(H,24,26)/b17-13+. The van der Waals surface area contributed by atoms with Crippen LogP contribution in [0.25, 0.3) is 0 Å². The van der Waals surface area contributed by atoms with Gasteiger partial charge in [0.15, 0.2) is 5.78 Å². The van der Waals surface area contributed by atoms with Crippen molar-refractivity contribution in [3.05, 3.63) is 48.0 Å². The molecule has 0 unspecified atom stereocenters. The van der Waals surface area contributed by atoms with Gasteiger partial charge in [-0.05, 0) is 24.5 Å². The van der Waals surface area contributed by atoms with Gasteiger partial charge in [-0.15, -0.1) is 0 Å². The SMILES string of the molecule is CCCCCCCCCCNC(=O)CCC(=O)/C=C/Cc1ccccc1. The molecule has 0 saturated carbocycles. The van der Waals surface area contributed by atoms with Gasteiger partial charge < -0.3 is 5.32 Å². The molecular weight excluding hydrogens is 322 g/mol. The molecule has 0 radical (unpaired) electrons. The van der Waals surface area contributed by atoms with Gasteiger partial charge in [0.2, 0.25) is 5.91 Å². The molecule has 26 heavy (non-hydrogen) atoms. The van der Waals surface area contributed by atoms with Gasteiger partial charge in [0, 0.05) is 19.4 Å². The summed E-state index contributed by atoms with van der Waals surface area (Å²) in [6, 6.07) is 10.0. The second-order valence-electron chi connectivity index (χ2n) is 6.88. The molecule has 0 saturated heterocycles. The second-order valence-corrected chi connectivity index (χ2v) is 6.88. The predicted molar refractivity (Wildman–Crippen MR) is 109 cm³/mol. The molecule has 0 atom stereocenters. The second kappa shape index (κ2) is 15.4. The molecule has 1 rings (SSSR count). The van der Waals surface area contributed by atoms with Gasteiger partial charge in [0.1, 0.15) is 0 Å². The van der Waals surface area contributed by atoms with E-state index in [1.165, 1.54) is 50.5 Å². The average Bonchev–Trinajstić information content (AvgIpc) is 2.66. The van der Waals surface area contributed by atoms with E-state index in [-0.39, 0.29) is 24.5 Å². The van der Waals surface area contributed by atoms with E-state index >= 15 is 0 Å². The molecule has 0 fully saturated rings. The Labute approximate surface area is 159 Å². The molecule has 0 aliphatic heterocycles. The highest BCUT2D eigenvalue weighted by molar-refractivity contribution is 5.92. The third-order valence-electron chi connectivity index (χ3n) is 4.45. The quantitative estimate of drug-likeness (QED) is 0.338. The van der Waals surface area contributed by atoms with Crippen LogP contribution in [0.5, 0.6) is 0 Å². The maximum absolute atomic E-state index is 11.8. The summed E-state index contributed by atoms with van der Waals surface area (Å²) in [5.74, 6) is 0.000848. The monoisotopic (exact) mass is 357 g/mol. The molecule has 0 aromatic heterocycles. The number of ketones is 1. The summed E-state index contributed by atoms with van der Waals surface area (Å²) in [5.41, 5.74) is 1.18. The van der Waals surface area contributed by atoms with Gasteiger partial charge in [0.25, 0.3) is 0 Å². The van der Waals surface area contributed by atoms with E-state index in [0.29, 0.717) is 0 Å². The summed E-state index contributed by atoms with van der Waals surface area (Å²) in [7, 11) is 0. The Bertz CT molecular complexity index is 522. The summed E-state index contributed by atoms with van der Waals surface area (Å²) in [5, 5.41) is 2.92. The van der Waals surface area contributed by atoms with Crippen molar-refractivity contribution < 1.29 is 9.59 Å².